The molecule has 5 heteroatoms. The molecule has 0 spiro atoms. The zero-order valence-corrected chi connectivity index (χ0v) is 11.7. The van der Waals surface area contributed by atoms with Gasteiger partial charge in [-0.1, -0.05) is 24.6 Å². The van der Waals surface area contributed by atoms with Crippen molar-refractivity contribution in [3.63, 3.8) is 0 Å². The van der Waals surface area contributed by atoms with Gasteiger partial charge in [0.1, 0.15) is 5.02 Å². The Morgan fingerprint density at radius 2 is 2.05 bits per heavy atom. The summed E-state index contributed by atoms with van der Waals surface area (Å²) < 4.78 is 5.83. The molecule has 4 nitrogen and oxygen atoms in total. The van der Waals surface area contributed by atoms with Crippen LogP contribution in [0.2, 0.25) is 5.02 Å². The van der Waals surface area contributed by atoms with Crippen molar-refractivity contribution in [2.24, 2.45) is 5.92 Å². The normalized spacial score (nSPS) is 23.3. The number of nitrogens with zero attached hydrogens (tertiary/aromatic N) is 1. The molecule has 1 saturated carbocycles. The number of nitro groups is 1. The van der Waals surface area contributed by atoms with E-state index in [-0.39, 0.29) is 16.8 Å². The van der Waals surface area contributed by atoms with Gasteiger partial charge in [0, 0.05) is 6.07 Å². The predicted molar refractivity (Wildman–Crippen MR) is 74.3 cm³/mol. The molecule has 104 valence electrons. The van der Waals surface area contributed by atoms with Gasteiger partial charge in [-0.2, -0.15) is 0 Å². The summed E-state index contributed by atoms with van der Waals surface area (Å²) >= 11 is 5.77. The molecule has 0 amide bonds. The van der Waals surface area contributed by atoms with E-state index in [4.69, 9.17) is 16.3 Å². The van der Waals surface area contributed by atoms with Gasteiger partial charge < -0.3 is 4.74 Å². The molecular weight excluding hydrogens is 266 g/mol. The van der Waals surface area contributed by atoms with Crippen LogP contribution in [0.25, 0.3) is 0 Å². The number of halogens is 1. The Morgan fingerprint density at radius 1 is 1.37 bits per heavy atom. The standard InChI is InChI=1S/C14H18ClNO3/c1-10-2-5-12(6-3-10)19-9-11-4-7-13(15)14(8-11)16(17)18/h4,7-8,10,12H,2-3,5-6,9H2,1H3. The van der Waals surface area contributed by atoms with Crippen LogP contribution in [0.4, 0.5) is 5.69 Å². The summed E-state index contributed by atoms with van der Waals surface area (Å²) in [5.74, 6) is 0.788. The fourth-order valence-corrected chi connectivity index (χ4v) is 2.58. The number of benzene rings is 1. The highest BCUT2D eigenvalue weighted by molar-refractivity contribution is 6.32. The van der Waals surface area contributed by atoms with E-state index in [1.54, 1.807) is 12.1 Å². The highest BCUT2D eigenvalue weighted by atomic mass is 35.5. The molecule has 0 heterocycles. The van der Waals surface area contributed by atoms with Crippen LogP contribution in [0, 0.1) is 16.0 Å². The zero-order chi connectivity index (χ0) is 13.8. The fraction of sp³-hybridized carbons (Fsp3) is 0.571. The summed E-state index contributed by atoms with van der Waals surface area (Å²) in [4.78, 5) is 10.3. The van der Waals surface area contributed by atoms with Gasteiger partial charge in [-0.05, 0) is 43.2 Å². The van der Waals surface area contributed by atoms with Crippen molar-refractivity contribution in [2.45, 2.75) is 45.3 Å². The first-order valence-corrected chi connectivity index (χ1v) is 6.98. The minimum Gasteiger partial charge on any atom is -0.374 e. The Morgan fingerprint density at radius 3 is 2.68 bits per heavy atom. The van der Waals surface area contributed by atoms with E-state index >= 15 is 0 Å². The van der Waals surface area contributed by atoms with Gasteiger partial charge in [-0.25, -0.2) is 0 Å². The molecule has 19 heavy (non-hydrogen) atoms. The summed E-state index contributed by atoms with van der Waals surface area (Å²) in [6.45, 7) is 2.68. The topological polar surface area (TPSA) is 52.4 Å². The van der Waals surface area contributed by atoms with E-state index in [2.05, 4.69) is 6.92 Å². The quantitative estimate of drug-likeness (QED) is 0.610. The van der Waals surface area contributed by atoms with E-state index in [9.17, 15) is 10.1 Å². The third-order valence-electron chi connectivity index (χ3n) is 3.66. The van der Waals surface area contributed by atoms with Gasteiger partial charge in [0.2, 0.25) is 0 Å². The second kappa shape index (κ2) is 6.35. The molecule has 1 aliphatic rings. The van der Waals surface area contributed by atoms with Crippen LogP contribution < -0.4 is 0 Å². The largest absolute Gasteiger partial charge is 0.374 e. The Bertz CT molecular complexity index is 456. The second-order valence-corrected chi connectivity index (χ2v) is 5.64. The van der Waals surface area contributed by atoms with Crippen molar-refractivity contribution in [3.8, 4) is 0 Å². The molecule has 1 fully saturated rings. The summed E-state index contributed by atoms with van der Waals surface area (Å²) in [7, 11) is 0. The average Bonchev–Trinajstić information content (AvgIpc) is 2.39. The Kier molecular flexibility index (Phi) is 4.77. The van der Waals surface area contributed by atoms with Crippen LogP contribution in [-0.4, -0.2) is 11.0 Å². The van der Waals surface area contributed by atoms with Gasteiger partial charge in [0.05, 0.1) is 17.6 Å². The second-order valence-electron chi connectivity index (χ2n) is 5.24. The van der Waals surface area contributed by atoms with Crippen molar-refractivity contribution in [1.29, 1.82) is 0 Å². The minimum atomic E-state index is -0.464. The number of ether oxygens (including phenoxy) is 1. The van der Waals surface area contributed by atoms with Gasteiger partial charge in [0.15, 0.2) is 0 Å². The molecule has 0 atom stereocenters. The minimum absolute atomic E-state index is 0.0555. The van der Waals surface area contributed by atoms with Crippen molar-refractivity contribution in [2.75, 3.05) is 0 Å². The maximum absolute atomic E-state index is 10.8. The van der Waals surface area contributed by atoms with E-state index in [1.807, 2.05) is 0 Å². The molecule has 0 N–H and O–H groups in total. The molecule has 1 aliphatic carbocycles. The van der Waals surface area contributed by atoms with Crippen LogP contribution in [0.3, 0.4) is 0 Å². The lowest BCUT2D eigenvalue weighted by Gasteiger charge is -2.26. The van der Waals surface area contributed by atoms with Crippen LogP contribution in [0.1, 0.15) is 38.2 Å². The maximum atomic E-state index is 10.8. The van der Waals surface area contributed by atoms with Crippen LogP contribution in [0.5, 0.6) is 0 Å². The zero-order valence-electron chi connectivity index (χ0n) is 11.0. The number of hydrogen-bond acceptors (Lipinski definition) is 3. The summed E-state index contributed by atoms with van der Waals surface area (Å²) in [6.07, 6.45) is 4.84. The maximum Gasteiger partial charge on any atom is 0.288 e. The molecule has 0 saturated heterocycles. The molecule has 0 aliphatic heterocycles. The third-order valence-corrected chi connectivity index (χ3v) is 3.98. The first kappa shape index (κ1) is 14.3. The van der Waals surface area contributed by atoms with Gasteiger partial charge in [0.25, 0.3) is 5.69 Å². The monoisotopic (exact) mass is 283 g/mol. The molecule has 0 radical (unpaired) electrons. The van der Waals surface area contributed by atoms with Crippen molar-refractivity contribution >= 4 is 17.3 Å². The van der Waals surface area contributed by atoms with Crippen molar-refractivity contribution < 1.29 is 9.66 Å². The summed E-state index contributed by atoms with van der Waals surface area (Å²) in [5, 5.41) is 11.0. The van der Waals surface area contributed by atoms with Crippen molar-refractivity contribution in [3.05, 3.63) is 38.9 Å². The van der Waals surface area contributed by atoms with Crippen LogP contribution in [-0.2, 0) is 11.3 Å². The van der Waals surface area contributed by atoms with E-state index < -0.39 is 4.92 Å². The fourth-order valence-electron chi connectivity index (χ4n) is 2.40. The molecule has 2 rings (SSSR count). The molecule has 1 aromatic carbocycles. The first-order valence-electron chi connectivity index (χ1n) is 6.60. The Labute approximate surface area is 117 Å². The van der Waals surface area contributed by atoms with Crippen molar-refractivity contribution in [1.82, 2.24) is 0 Å². The molecular formula is C14H18ClNO3. The first-order chi connectivity index (χ1) is 9.06. The van der Waals surface area contributed by atoms with Gasteiger partial charge in [-0.15, -0.1) is 0 Å². The van der Waals surface area contributed by atoms with Crippen LogP contribution in [0.15, 0.2) is 18.2 Å². The van der Waals surface area contributed by atoms with E-state index in [0.29, 0.717) is 6.61 Å². The number of nitro benzene ring substituents is 1. The molecule has 1 aromatic rings. The molecule has 0 bridgehead atoms. The molecule has 0 aromatic heterocycles. The number of rotatable bonds is 4. The summed E-state index contributed by atoms with van der Waals surface area (Å²) in [5.41, 5.74) is 0.745. The highest BCUT2D eigenvalue weighted by Crippen LogP contribution is 2.28. The highest BCUT2D eigenvalue weighted by Gasteiger charge is 2.19. The third kappa shape index (κ3) is 3.91. The van der Waals surface area contributed by atoms with Gasteiger partial charge in [-0.3, -0.25) is 10.1 Å². The van der Waals surface area contributed by atoms with Gasteiger partial charge >= 0.3 is 0 Å². The number of hydrogen-bond donors (Lipinski definition) is 0. The lowest BCUT2D eigenvalue weighted by molar-refractivity contribution is -0.384. The summed E-state index contributed by atoms with van der Waals surface area (Å²) in [6, 6.07) is 4.83. The lowest BCUT2D eigenvalue weighted by atomic mass is 9.89. The van der Waals surface area contributed by atoms with E-state index in [1.165, 1.54) is 18.9 Å². The predicted octanol–water partition coefficient (Wildman–Crippen LogP) is 4.34. The van der Waals surface area contributed by atoms with Crippen LogP contribution >= 0.6 is 11.6 Å². The lowest BCUT2D eigenvalue weighted by Crippen LogP contribution is -2.20. The van der Waals surface area contributed by atoms with E-state index in [0.717, 1.165) is 24.3 Å². The Hall–Kier alpha value is -1.13. The Balaban J connectivity index is 1.92. The molecule has 0 unspecified atom stereocenters. The smallest absolute Gasteiger partial charge is 0.288 e. The average molecular weight is 284 g/mol. The SMILES string of the molecule is CC1CCC(OCc2ccc(Cl)c([N+](=O)[O-])c2)CC1.